The number of hydrogen-bond donors (Lipinski definition) is 0. The fraction of sp³-hybridized carbons (Fsp3) is 0.222. The Labute approximate surface area is 277 Å². The van der Waals surface area contributed by atoms with E-state index in [9.17, 15) is 19.2 Å². The number of ether oxygens (including phenoxy) is 2. The first kappa shape index (κ1) is 32.7. The second kappa shape index (κ2) is 15.6. The summed E-state index contributed by atoms with van der Waals surface area (Å²) in [6, 6.07) is 32.7. The number of rotatable bonds is 10. The molecule has 8 nitrogen and oxygen atoms in total. The maximum atomic E-state index is 13.3. The molecular formula is C36H32Cl2N2O6. The van der Waals surface area contributed by atoms with Gasteiger partial charge in [0.2, 0.25) is 0 Å². The van der Waals surface area contributed by atoms with Crippen LogP contribution in [0.25, 0.3) is 0 Å². The normalized spacial score (nSPS) is 15.3. The summed E-state index contributed by atoms with van der Waals surface area (Å²) in [5.41, 5.74) is 3.30. The van der Waals surface area contributed by atoms with Gasteiger partial charge >= 0.3 is 24.1 Å². The Bertz CT molecular complexity index is 1520. The maximum Gasteiger partial charge on any atom is 0.418 e. The van der Waals surface area contributed by atoms with E-state index in [0.29, 0.717) is 22.9 Å². The van der Waals surface area contributed by atoms with Crippen molar-refractivity contribution in [2.75, 3.05) is 0 Å². The lowest BCUT2D eigenvalue weighted by molar-refractivity contribution is -0.161. The molecule has 1 fully saturated rings. The third-order valence-corrected chi connectivity index (χ3v) is 8.28. The molecule has 46 heavy (non-hydrogen) atoms. The van der Waals surface area contributed by atoms with Gasteiger partial charge in [0.15, 0.2) is 0 Å². The van der Waals surface area contributed by atoms with E-state index in [1.807, 2.05) is 60.7 Å². The third-order valence-electron chi connectivity index (χ3n) is 7.78. The Hall–Kier alpha value is -4.66. The quantitative estimate of drug-likeness (QED) is 0.126. The molecule has 0 bridgehead atoms. The second-order valence-corrected chi connectivity index (χ2v) is 12.0. The van der Waals surface area contributed by atoms with Crippen molar-refractivity contribution in [1.82, 2.24) is 9.80 Å². The van der Waals surface area contributed by atoms with Crippen molar-refractivity contribution in [1.29, 1.82) is 0 Å². The van der Waals surface area contributed by atoms with Gasteiger partial charge in [-0.3, -0.25) is 19.4 Å². The number of nitrogens with zero attached hydrogens (tertiary/aromatic N) is 2. The molecule has 236 valence electrons. The Morgan fingerprint density at radius 3 is 1.11 bits per heavy atom. The van der Waals surface area contributed by atoms with Crippen molar-refractivity contribution in [3.05, 3.63) is 141 Å². The van der Waals surface area contributed by atoms with Crippen LogP contribution in [0.3, 0.4) is 0 Å². The highest BCUT2D eigenvalue weighted by atomic mass is 35.5. The van der Waals surface area contributed by atoms with Gasteiger partial charge < -0.3 is 9.47 Å². The van der Waals surface area contributed by atoms with Gasteiger partial charge in [0, 0.05) is 36.2 Å². The second-order valence-electron chi connectivity index (χ2n) is 11.1. The van der Waals surface area contributed by atoms with Crippen molar-refractivity contribution >= 4 is 47.3 Å². The number of hydrogen-bond acceptors (Lipinski definition) is 6. The molecule has 1 aliphatic rings. The monoisotopic (exact) mass is 658 g/mol. The van der Waals surface area contributed by atoms with Gasteiger partial charge in [-0.05, 0) is 59.4 Å². The molecule has 0 spiro atoms. The molecule has 10 heteroatoms. The van der Waals surface area contributed by atoms with E-state index in [1.165, 1.54) is 9.80 Å². The van der Waals surface area contributed by atoms with Crippen molar-refractivity contribution in [2.24, 2.45) is 11.8 Å². The molecule has 0 heterocycles. The molecular weight excluding hydrogens is 627 g/mol. The SMILES string of the molecule is O=C(OC(=O)N(Cc1ccccc1)Cc1ccc(Cl)cc1)C1CCC1C(=O)OC(=O)N(Cc1ccccc1)Cc1ccc(Cl)cc1. The predicted molar refractivity (Wildman–Crippen MR) is 173 cm³/mol. The van der Waals surface area contributed by atoms with Crippen LogP contribution >= 0.6 is 23.2 Å². The van der Waals surface area contributed by atoms with Crippen molar-refractivity contribution in [3.8, 4) is 0 Å². The van der Waals surface area contributed by atoms with E-state index in [0.717, 1.165) is 22.3 Å². The third kappa shape index (κ3) is 8.96. The highest BCUT2D eigenvalue weighted by Crippen LogP contribution is 2.36. The first-order valence-corrected chi connectivity index (χ1v) is 15.6. The molecule has 0 saturated heterocycles. The molecule has 1 saturated carbocycles. The number of esters is 2. The van der Waals surface area contributed by atoms with Gasteiger partial charge in [-0.25, -0.2) is 9.59 Å². The molecule has 2 unspecified atom stereocenters. The van der Waals surface area contributed by atoms with E-state index >= 15 is 0 Å². The van der Waals surface area contributed by atoms with Crippen LogP contribution in [0.2, 0.25) is 10.0 Å². The lowest BCUT2D eigenvalue weighted by atomic mass is 9.74. The van der Waals surface area contributed by atoms with Crippen molar-refractivity contribution in [3.63, 3.8) is 0 Å². The zero-order chi connectivity index (χ0) is 32.5. The zero-order valence-electron chi connectivity index (χ0n) is 24.9. The van der Waals surface area contributed by atoms with Crippen LogP contribution in [-0.4, -0.2) is 33.9 Å². The first-order chi connectivity index (χ1) is 22.2. The fourth-order valence-corrected chi connectivity index (χ4v) is 5.37. The van der Waals surface area contributed by atoms with Crippen LogP contribution in [-0.2, 0) is 45.2 Å². The summed E-state index contributed by atoms with van der Waals surface area (Å²) in [5.74, 6) is -3.47. The number of halogens is 2. The number of carbonyl (C=O) groups excluding carboxylic acids is 4. The molecule has 5 rings (SSSR count). The van der Waals surface area contributed by atoms with Crippen molar-refractivity contribution < 1.29 is 28.7 Å². The number of benzene rings is 4. The van der Waals surface area contributed by atoms with E-state index in [2.05, 4.69) is 0 Å². The molecule has 0 N–H and O–H groups in total. The van der Waals surface area contributed by atoms with Gasteiger partial charge in [0.05, 0.1) is 11.8 Å². The van der Waals surface area contributed by atoms with Crippen LogP contribution in [0.4, 0.5) is 9.59 Å². The summed E-state index contributed by atoms with van der Waals surface area (Å²) >= 11 is 12.0. The topological polar surface area (TPSA) is 93.2 Å². The minimum Gasteiger partial charge on any atom is -0.376 e. The Kier molecular flexibility index (Phi) is 11.1. The lowest BCUT2D eigenvalue weighted by Gasteiger charge is -2.33. The average Bonchev–Trinajstić information content (AvgIpc) is 3.03. The van der Waals surface area contributed by atoms with Crippen LogP contribution in [0.5, 0.6) is 0 Å². The fourth-order valence-electron chi connectivity index (χ4n) is 5.11. The number of carbonyl (C=O) groups is 4. The molecule has 2 atom stereocenters. The molecule has 2 amide bonds. The summed E-state index contributed by atoms with van der Waals surface area (Å²) in [5, 5.41) is 1.12. The van der Waals surface area contributed by atoms with Crippen molar-refractivity contribution in [2.45, 2.75) is 39.0 Å². The molecule has 4 aromatic carbocycles. The zero-order valence-corrected chi connectivity index (χ0v) is 26.4. The average molecular weight is 660 g/mol. The van der Waals surface area contributed by atoms with Crippen LogP contribution < -0.4 is 0 Å². The summed E-state index contributed by atoms with van der Waals surface area (Å²) < 4.78 is 10.6. The minimum atomic E-state index is -0.905. The standard InChI is InChI=1S/C36H32Cl2N2O6/c37-29-15-11-27(12-16-29)23-39(21-25-7-3-1-4-8-25)35(43)45-33(41)31-19-20-32(31)34(42)46-36(44)40(22-26-9-5-2-6-10-26)24-28-13-17-30(38)18-14-28/h1-18,31-32H,19-24H2. The van der Waals surface area contributed by atoms with Crippen LogP contribution in [0, 0.1) is 11.8 Å². The smallest absolute Gasteiger partial charge is 0.376 e. The Morgan fingerprint density at radius 2 is 0.804 bits per heavy atom. The maximum absolute atomic E-state index is 13.3. The molecule has 0 aliphatic heterocycles. The van der Waals surface area contributed by atoms with Gasteiger partial charge in [0.25, 0.3) is 0 Å². The Morgan fingerprint density at radius 1 is 0.500 bits per heavy atom. The molecule has 0 aromatic heterocycles. The Balaban J connectivity index is 1.22. The van der Waals surface area contributed by atoms with Crippen LogP contribution in [0.1, 0.15) is 35.1 Å². The lowest BCUT2D eigenvalue weighted by Crippen LogP contribution is -2.44. The first-order valence-electron chi connectivity index (χ1n) is 14.8. The van der Waals surface area contributed by atoms with Gasteiger partial charge in [-0.2, -0.15) is 0 Å². The molecule has 4 aromatic rings. The highest BCUT2D eigenvalue weighted by molar-refractivity contribution is 6.30. The molecule has 0 radical (unpaired) electrons. The summed E-state index contributed by atoms with van der Waals surface area (Å²) in [6.07, 6.45) is -1.02. The van der Waals surface area contributed by atoms with Gasteiger partial charge in [0.1, 0.15) is 0 Å². The van der Waals surface area contributed by atoms with Crippen LogP contribution in [0.15, 0.2) is 109 Å². The van der Waals surface area contributed by atoms with E-state index in [1.54, 1.807) is 48.5 Å². The van der Waals surface area contributed by atoms with E-state index in [-0.39, 0.29) is 26.2 Å². The summed E-state index contributed by atoms with van der Waals surface area (Å²) in [7, 11) is 0. The van der Waals surface area contributed by atoms with Gasteiger partial charge in [-0.1, -0.05) is 108 Å². The molecule has 1 aliphatic carbocycles. The van der Waals surface area contributed by atoms with Gasteiger partial charge in [-0.15, -0.1) is 0 Å². The highest BCUT2D eigenvalue weighted by Gasteiger charge is 2.45. The number of amides is 2. The summed E-state index contributed by atoms with van der Waals surface area (Å²) in [6.45, 7) is 0.748. The largest absolute Gasteiger partial charge is 0.418 e. The summed E-state index contributed by atoms with van der Waals surface area (Å²) in [4.78, 5) is 55.6. The predicted octanol–water partition coefficient (Wildman–Crippen LogP) is 8.05. The van der Waals surface area contributed by atoms with E-state index < -0.39 is 36.0 Å². The minimum absolute atomic E-state index is 0.174. The van der Waals surface area contributed by atoms with E-state index in [4.69, 9.17) is 32.7 Å².